The van der Waals surface area contributed by atoms with Crippen LogP contribution in [0.2, 0.25) is 0 Å². The van der Waals surface area contributed by atoms with Crippen molar-refractivity contribution < 1.29 is 23.2 Å². The molecule has 0 spiro atoms. The maximum absolute atomic E-state index is 13.1. The van der Waals surface area contributed by atoms with Gasteiger partial charge in [0.15, 0.2) is 0 Å². The van der Waals surface area contributed by atoms with Crippen molar-refractivity contribution in [3.63, 3.8) is 0 Å². The minimum absolute atomic E-state index is 0.189. The highest BCUT2D eigenvalue weighted by molar-refractivity contribution is 6.14. The first kappa shape index (κ1) is 21.9. The first-order valence-corrected chi connectivity index (χ1v) is 10.2. The van der Waals surface area contributed by atoms with Crippen LogP contribution in [0.4, 0.5) is 30.6 Å². The van der Waals surface area contributed by atoms with E-state index in [1.54, 1.807) is 36.4 Å². The molecule has 168 valence electrons. The van der Waals surface area contributed by atoms with Crippen molar-refractivity contribution in [3.8, 4) is 0 Å². The van der Waals surface area contributed by atoms with E-state index >= 15 is 0 Å². The molecule has 7 nitrogen and oxygen atoms in total. The summed E-state index contributed by atoms with van der Waals surface area (Å²) in [5.74, 6) is -1.62. The second-order valence-electron chi connectivity index (χ2n) is 7.39. The number of hydrogen-bond donors (Lipinski definition) is 2. The van der Waals surface area contributed by atoms with Gasteiger partial charge in [-0.15, -0.1) is 0 Å². The number of carbonyl (C=O) groups excluding carboxylic acids is 3. The number of hydrogen-bond acceptors (Lipinski definition) is 3. The molecule has 0 atom stereocenters. The Labute approximate surface area is 188 Å². The van der Waals surface area contributed by atoms with E-state index in [2.05, 4.69) is 10.6 Å². The summed E-state index contributed by atoms with van der Waals surface area (Å²) in [6.45, 7) is -0.311. The molecule has 0 saturated carbocycles. The van der Waals surface area contributed by atoms with Crippen molar-refractivity contribution in [2.24, 2.45) is 0 Å². The molecule has 0 fully saturated rings. The third-order valence-corrected chi connectivity index (χ3v) is 5.10. The van der Waals surface area contributed by atoms with Crippen molar-refractivity contribution >= 4 is 34.9 Å². The van der Waals surface area contributed by atoms with Gasteiger partial charge in [0.05, 0.1) is 11.4 Å². The van der Waals surface area contributed by atoms with Crippen molar-refractivity contribution in [1.82, 2.24) is 5.32 Å². The standard InChI is InChI=1S/C24H20F2N4O3/c25-17-7-5-16(6-8-17)13-27-22(31)14-29-20-3-1-2-4-21(20)30(15-23(29)32)24(33)28-19-11-9-18(26)10-12-19/h1-12H,13-15H2,(H,27,31)(H,28,33). The highest BCUT2D eigenvalue weighted by atomic mass is 19.1. The van der Waals surface area contributed by atoms with Crippen LogP contribution in [-0.4, -0.2) is 30.9 Å². The maximum Gasteiger partial charge on any atom is 0.326 e. The van der Waals surface area contributed by atoms with Crippen molar-refractivity contribution in [1.29, 1.82) is 0 Å². The van der Waals surface area contributed by atoms with Crippen LogP contribution in [0.5, 0.6) is 0 Å². The number of rotatable bonds is 5. The summed E-state index contributed by atoms with van der Waals surface area (Å²) in [5, 5.41) is 5.35. The minimum Gasteiger partial charge on any atom is -0.350 e. The lowest BCUT2D eigenvalue weighted by atomic mass is 10.1. The Kier molecular flexibility index (Phi) is 6.30. The van der Waals surface area contributed by atoms with E-state index in [0.717, 1.165) is 5.56 Å². The Morgan fingerprint density at radius 2 is 1.45 bits per heavy atom. The molecule has 33 heavy (non-hydrogen) atoms. The summed E-state index contributed by atoms with van der Waals surface area (Å²) in [6.07, 6.45) is 0. The molecule has 1 aliphatic rings. The number of nitrogens with zero attached hydrogens (tertiary/aromatic N) is 2. The Balaban J connectivity index is 1.46. The van der Waals surface area contributed by atoms with Crippen molar-refractivity contribution in [3.05, 3.63) is 90.0 Å². The molecule has 4 rings (SSSR count). The second-order valence-corrected chi connectivity index (χ2v) is 7.39. The molecule has 0 unspecified atom stereocenters. The maximum atomic E-state index is 13.1. The molecule has 0 saturated heterocycles. The van der Waals surface area contributed by atoms with E-state index < -0.39 is 23.7 Å². The van der Waals surface area contributed by atoms with Crippen LogP contribution >= 0.6 is 0 Å². The van der Waals surface area contributed by atoms with Gasteiger partial charge in [0.2, 0.25) is 11.8 Å². The SMILES string of the molecule is O=C(CN1C(=O)CN(C(=O)Nc2ccc(F)cc2)c2ccccc21)NCc1ccc(F)cc1. The van der Waals surface area contributed by atoms with Gasteiger partial charge < -0.3 is 10.6 Å². The number of amides is 4. The zero-order valence-corrected chi connectivity index (χ0v) is 17.4. The van der Waals surface area contributed by atoms with E-state index in [0.29, 0.717) is 17.1 Å². The van der Waals surface area contributed by atoms with E-state index in [-0.39, 0.29) is 25.5 Å². The number of anilines is 3. The zero-order chi connectivity index (χ0) is 23.4. The van der Waals surface area contributed by atoms with Crippen LogP contribution in [0.25, 0.3) is 0 Å². The molecular weight excluding hydrogens is 430 g/mol. The third kappa shape index (κ3) is 5.15. The summed E-state index contributed by atoms with van der Waals surface area (Å²) in [6, 6.07) is 17.2. The summed E-state index contributed by atoms with van der Waals surface area (Å²) >= 11 is 0. The van der Waals surface area contributed by atoms with E-state index in [9.17, 15) is 23.2 Å². The topological polar surface area (TPSA) is 81.8 Å². The van der Waals surface area contributed by atoms with Gasteiger partial charge in [0.1, 0.15) is 24.7 Å². The molecule has 0 radical (unpaired) electrons. The van der Waals surface area contributed by atoms with Crippen molar-refractivity contribution in [2.45, 2.75) is 6.54 Å². The van der Waals surface area contributed by atoms with Gasteiger partial charge in [-0.1, -0.05) is 24.3 Å². The molecule has 0 bridgehead atoms. The van der Waals surface area contributed by atoms with Crippen LogP contribution in [0.15, 0.2) is 72.8 Å². The number of nitrogens with one attached hydrogen (secondary N) is 2. The van der Waals surface area contributed by atoms with Gasteiger partial charge in [-0.3, -0.25) is 19.4 Å². The largest absolute Gasteiger partial charge is 0.350 e. The predicted molar refractivity (Wildman–Crippen MR) is 120 cm³/mol. The summed E-state index contributed by atoms with van der Waals surface area (Å²) in [5.41, 5.74) is 1.98. The first-order chi connectivity index (χ1) is 15.9. The van der Waals surface area contributed by atoms with E-state index in [4.69, 9.17) is 0 Å². The molecule has 3 aromatic carbocycles. The van der Waals surface area contributed by atoms with E-state index in [1.807, 2.05) is 0 Å². The van der Waals surface area contributed by atoms with Crippen LogP contribution in [0, 0.1) is 11.6 Å². The monoisotopic (exact) mass is 450 g/mol. The van der Waals surface area contributed by atoms with Crippen LogP contribution in [0.3, 0.4) is 0 Å². The van der Waals surface area contributed by atoms with E-state index in [1.165, 1.54) is 46.2 Å². The van der Waals surface area contributed by atoms with Gasteiger partial charge in [-0.25, -0.2) is 13.6 Å². The molecule has 0 aromatic heterocycles. The number of urea groups is 1. The molecule has 4 amide bonds. The summed E-state index contributed by atoms with van der Waals surface area (Å²) in [7, 11) is 0. The Hall–Kier alpha value is -4.27. The highest BCUT2D eigenvalue weighted by Crippen LogP contribution is 2.33. The predicted octanol–water partition coefficient (Wildman–Crippen LogP) is 3.67. The molecule has 1 heterocycles. The quantitative estimate of drug-likeness (QED) is 0.623. The number of benzene rings is 3. The first-order valence-electron chi connectivity index (χ1n) is 10.2. The number of para-hydroxylation sites is 2. The van der Waals surface area contributed by atoms with Gasteiger partial charge in [0, 0.05) is 12.2 Å². The lowest BCUT2D eigenvalue weighted by molar-refractivity contribution is -0.123. The Morgan fingerprint density at radius 1 is 0.848 bits per heavy atom. The number of halogens is 2. The average Bonchev–Trinajstić information content (AvgIpc) is 2.81. The molecule has 9 heteroatoms. The lowest BCUT2D eigenvalue weighted by Gasteiger charge is -2.35. The summed E-state index contributed by atoms with van der Waals surface area (Å²) < 4.78 is 26.1. The van der Waals surface area contributed by atoms with Gasteiger partial charge in [0.25, 0.3) is 0 Å². The van der Waals surface area contributed by atoms with Crippen LogP contribution < -0.4 is 20.4 Å². The lowest BCUT2D eigenvalue weighted by Crippen LogP contribution is -2.51. The fraction of sp³-hybridized carbons (Fsp3) is 0.125. The third-order valence-electron chi connectivity index (χ3n) is 5.10. The fourth-order valence-corrected chi connectivity index (χ4v) is 3.44. The zero-order valence-electron chi connectivity index (χ0n) is 17.4. The molecule has 3 aromatic rings. The minimum atomic E-state index is -0.553. The van der Waals surface area contributed by atoms with Gasteiger partial charge >= 0.3 is 6.03 Å². The molecule has 2 N–H and O–H groups in total. The Bertz CT molecular complexity index is 1180. The summed E-state index contributed by atoms with van der Waals surface area (Å²) in [4.78, 5) is 40.7. The average molecular weight is 450 g/mol. The molecular formula is C24H20F2N4O3. The van der Waals surface area contributed by atoms with Gasteiger partial charge in [-0.2, -0.15) is 0 Å². The molecule has 1 aliphatic heterocycles. The number of carbonyl (C=O) groups is 3. The second kappa shape index (κ2) is 9.47. The molecule has 0 aliphatic carbocycles. The normalized spacial score (nSPS) is 12.8. The van der Waals surface area contributed by atoms with Crippen molar-refractivity contribution in [2.75, 3.05) is 28.2 Å². The van der Waals surface area contributed by atoms with Gasteiger partial charge in [-0.05, 0) is 54.1 Å². The smallest absolute Gasteiger partial charge is 0.326 e. The fourth-order valence-electron chi connectivity index (χ4n) is 3.44. The number of fused-ring (bicyclic) bond motifs is 1. The highest BCUT2D eigenvalue weighted by Gasteiger charge is 2.33. The van der Waals surface area contributed by atoms with Crippen LogP contribution in [-0.2, 0) is 16.1 Å². The van der Waals surface area contributed by atoms with Crippen LogP contribution in [0.1, 0.15) is 5.56 Å². The Morgan fingerprint density at radius 3 is 2.12 bits per heavy atom.